The number of rotatable bonds is 3. The first-order valence-corrected chi connectivity index (χ1v) is 7.41. The van der Waals surface area contributed by atoms with E-state index in [2.05, 4.69) is 10.6 Å². The van der Waals surface area contributed by atoms with Crippen LogP contribution >= 0.6 is 0 Å². The van der Waals surface area contributed by atoms with Gasteiger partial charge < -0.3 is 15.5 Å². The van der Waals surface area contributed by atoms with Gasteiger partial charge in [0, 0.05) is 24.7 Å². The maximum Gasteiger partial charge on any atom is 0.243 e. The summed E-state index contributed by atoms with van der Waals surface area (Å²) in [5.74, 6) is -2.50. The third-order valence-electron chi connectivity index (χ3n) is 3.67. The van der Waals surface area contributed by atoms with Gasteiger partial charge in [-0.1, -0.05) is 12.1 Å². The first-order valence-electron chi connectivity index (χ1n) is 7.41. The maximum absolute atomic E-state index is 13.2. The fraction of sp³-hybridized carbons (Fsp3) is 0.176. The van der Waals surface area contributed by atoms with Crippen molar-refractivity contribution < 1.29 is 18.4 Å². The van der Waals surface area contributed by atoms with Gasteiger partial charge in [-0.2, -0.15) is 0 Å². The van der Waals surface area contributed by atoms with E-state index < -0.39 is 11.6 Å². The molecule has 2 amide bonds. The van der Waals surface area contributed by atoms with Crippen LogP contribution in [-0.4, -0.2) is 24.9 Å². The molecule has 0 saturated carbocycles. The molecule has 0 aromatic heterocycles. The summed E-state index contributed by atoms with van der Waals surface area (Å²) in [6.45, 7) is 0.374. The van der Waals surface area contributed by atoms with Crippen molar-refractivity contribution in [1.29, 1.82) is 0 Å². The van der Waals surface area contributed by atoms with Crippen molar-refractivity contribution in [3.63, 3.8) is 0 Å². The van der Waals surface area contributed by atoms with E-state index in [0.717, 1.165) is 17.8 Å². The standard InChI is InChI=1S/C17H15F2N3O2/c18-12-6-5-11(9-13(12)19)20-17(24)10-22-8-7-16(23)21-14-3-1-2-4-15(14)22/h1-6,9H,7-8,10H2,(H,20,24)(H,21,23). The summed E-state index contributed by atoms with van der Waals surface area (Å²) in [6.07, 6.45) is 0.257. The second-order valence-electron chi connectivity index (χ2n) is 5.41. The van der Waals surface area contributed by atoms with Crippen molar-refractivity contribution in [2.45, 2.75) is 6.42 Å². The normalized spacial score (nSPS) is 13.8. The predicted octanol–water partition coefficient (Wildman–Crippen LogP) is 2.75. The van der Waals surface area contributed by atoms with Crippen LogP contribution in [0.1, 0.15) is 6.42 Å². The first-order chi connectivity index (χ1) is 11.5. The minimum absolute atomic E-state index is 0.00896. The highest BCUT2D eigenvalue weighted by Gasteiger charge is 2.20. The number of hydrogen-bond acceptors (Lipinski definition) is 3. The topological polar surface area (TPSA) is 61.4 Å². The van der Waals surface area contributed by atoms with Crippen LogP contribution < -0.4 is 15.5 Å². The van der Waals surface area contributed by atoms with E-state index in [9.17, 15) is 18.4 Å². The van der Waals surface area contributed by atoms with Gasteiger partial charge in [-0.15, -0.1) is 0 Å². The second-order valence-corrected chi connectivity index (χ2v) is 5.41. The molecule has 0 fully saturated rings. The molecule has 1 heterocycles. The lowest BCUT2D eigenvalue weighted by Crippen LogP contribution is -2.34. The molecule has 1 aliphatic rings. The lowest BCUT2D eigenvalue weighted by atomic mass is 10.2. The van der Waals surface area contributed by atoms with Gasteiger partial charge in [0.15, 0.2) is 11.6 Å². The fourth-order valence-corrected chi connectivity index (χ4v) is 2.54. The van der Waals surface area contributed by atoms with Crippen LogP contribution in [-0.2, 0) is 9.59 Å². The van der Waals surface area contributed by atoms with Crippen LogP contribution in [0.25, 0.3) is 0 Å². The van der Waals surface area contributed by atoms with Crippen LogP contribution in [0.5, 0.6) is 0 Å². The molecular formula is C17H15F2N3O2. The number of para-hydroxylation sites is 2. The molecule has 0 aliphatic carbocycles. The number of anilines is 3. The number of nitrogens with one attached hydrogen (secondary N) is 2. The third kappa shape index (κ3) is 3.51. The molecule has 0 unspecified atom stereocenters. The van der Waals surface area contributed by atoms with E-state index in [1.165, 1.54) is 6.07 Å². The third-order valence-corrected chi connectivity index (χ3v) is 3.67. The molecule has 0 radical (unpaired) electrons. The Bertz CT molecular complexity index is 795. The summed E-state index contributed by atoms with van der Waals surface area (Å²) in [5, 5.41) is 5.31. The quantitative estimate of drug-likeness (QED) is 0.909. The molecule has 2 aromatic carbocycles. The molecule has 0 bridgehead atoms. The fourth-order valence-electron chi connectivity index (χ4n) is 2.54. The van der Waals surface area contributed by atoms with E-state index in [4.69, 9.17) is 0 Å². The minimum Gasteiger partial charge on any atom is -0.360 e. The van der Waals surface area contributed by atoms with Gasteiger partial charge in [0.25, 0.3) is 0 Å². The zero-order valence-corrected chi connectivity index (χ0v) is 12.7. The molecule has 1 aliphatic heterocycles. The molecule has 2 N–H and O–H groups in total. The van der Waals surface area contributed by atoms with E-state index in [-0.39, 0.29) is 30.5 Å². The van der Waals surface area contributed by atoms with Gasteiger partial charge in [0.1, 0.15) is 0 Å². The number of benzene rings is 2. The number of halogens is 2. The highest BCUT2D eigenvalue weighted by Crippen LogP contribution is 2.28. The van der Waals surface area contributed by atoms with Gasteiger partial charge in [0.2, 0.25) is 11.8 Å². The molecule has 0 spiro atoms. The second kappa shape index (κ2) is 6.66. The molecule has 2 aromatic rings. The Hall–Kier alpha value is -2.96. The number of carbonyl (C=O) groups excluding carboxylic acids is 2. The number of nitrogens with zero attached hydrogens (tertiary/aromatic N) is 1. The van der Waals surface area contributed by atoms with Crippen molar-refractivity contribution in [3.8, 4) is 0 Å². The van der Waals surface area contributed by atoms with E-state index in [1.54, 1.807) is 17.0 Å². The van der Waals surface area contributed by atoms with Gasteiger partial charge in [-0.25, -0.2) is 8.78 Å². The van der Waals surface area contributed by atoms with Crippen LogP contribution in [0.2, 0.25) is 0 Å². The average Bonchev–Trinajstić information content (AvgIpc) is 2.70. The smallest absolute Gasteiger partial charge is 0.243 e. The summed E-state index contributed by atoms with van der Waals surface area (Å²) >= 11 is 0. The van der Waals surface area contributed by atoms with Gasteiger partial charge in [0.05, 0.1) is 17.9 Å². The molecule has 24 heavy (non-hydrogen) atoms. The Labute approximate surface area is 137 Å². The first kappa shape index (κ1) is 15.9. The Balaban J connectivity index is 1.74. The average molecular weight is 331 g/mol. The predicted molar refractivity (Wildman–Crippen MR) is 86.9 cm³/mol. The van der Waals surface area contributed by atoms with Crippen molar-refractivity contribution in [3.05, 3.63) is 54.1 Å². The van der Waals surface area contributed by atoms with E-state index in [1.807, 2.05) is 12.1 Å². The lowest BCUT2D eigenvalue weighted by molar-refractivity contribution is -0.117. The molecule has 7 heteroatoms. The van der Waals surface area contributed by atoms with Gasteiger partial charge >= 0.3 is 0 Å². The highest BCUT2D eigenvalue weighted by molar-refractivity contribution is 5.99. The van der Waals surface area contributed by atoms with Crippen LogP contribution in [0.3, 0.4) is 0 Å². The van der Waals surface area contributed by atoms with Crippen molar-refractivity contribution in [2.24, 2.45) is 0 Å². The molecule has 0 saturated heterocycles. The van der Waals surface area contributed by atoms with Crippen LogP contribution in [0, 0.1) is 11.6 Å². The Morgan fingerprint density at radius 3 is 2.75 bits per heavy atom. The van der Waals surface area contributed by atoms with Crippen molar-refractivity contribution >= 4 is 28.9 Å². The number of fused-ring (bicyclic) bond motifs is 1. The number of carbonyl (C=O) groups is 2. The van der Waals surface area contributed by atoms with Gasteiger partial charge in [-0.05, 0) is 24.3 Å². The van der Waals surface area contributed by atoms with E-state index >= 15 is 0 Å². The summed E-state index contributed by atoms with van der Waals surface area (Å²) in [5.41, 5.74) is 1.56. The lowest BCUT2D eigenvalue weighted by Gasteiger charge is -2.23. The Morgan fingerprint density at radius 2 is 1.96 bits per heavy atom. The highest BCUT2D eigenvalue weighted by atomic mass is 19.2. The maximum atomic E-state index is 13.2. The monoisotopic (exact) mass is 331 g/mol. The minimum atomic E-state index is -1.03. The Kier molecular flexibility index (Phi) is 4.41. The van der Waals surface area contributed by atoms with Gasteiger partial charge in [-0.3, -0.25) is 9.59 Å². The molecule has 3 rings (SSSR count). The van der Waals surface area contributed by atoms with Crippen LogP contribution in [0.15, 0.2) is 42.5 Å². The summed E-state index contributed by atoms with van der Waals surface area (Å²) in [6, 6.07) is 10.4. The van der Waals surface area contributed by atoms with Crippen LogP contribution in [0.4, 0.5) is 25.8 Å². The molecule has 124 valence electrons. The van der Waals surface area contributed by atoms with Crippen molar-refractivity contribution in [2.75, 3.05) is 28.6 Å². The largest absolute Gasteiger partial charge is 0.360 e. The summed E-state index contributed by atoms with van der Waals surface area (Å²) in [7, 11) is 0. The zero-order valence-electron chi connectivity index (χ0n) is 12.7. The van der Waals surface area contributed by atoms with E-state index in [0.29, 0.717) is 12.2 Å². The number of hydrogen-bond donors (Lipinski definition) is 2. The number of amides is 2. The Morgan fingerprint density at radius 1 is 1.17 bits per heavy atom. The summed E-state index contributed by atoms with van der Waals surface area (Å²) < 4.78 is 26.1. The SMILES string of the molecule is O=C(CN1CCC(=O)Nc2ccccc21)Nc1ccc(F)c(F)c1. The molecule has 5 nitrogen and oxygen atoms in total. The van der Waals surface area contributed by atoms with Crippen molar-refractivity contribution in [1.82, 2.24) is 0 Å². The molecular weight excluding hydrogens is 316 g/mol. The molecule has 0 atom stereocenters. The summed E-state index contributed by atoms with van der Waals surface area (Å²) in [4.78, 5) is 25.7. The zero-order chi connectivity index (χ0) is 17.1.